The summed E-state index contributed by atoms with van der Waals surface area (Å²) < 4.78 is 16.9. The van der Waals surface area contributed by atoms with Crippen LogP contribution in [0.5, 0.6) is 17.2 Å². The lowest BCUT2D eigenvalue weighted by molar-refractivity contribution is -0.127. The number of amides is 2. The lowest BCUT2D eigenvalue weighted by Gasteiger charge is -2.29. The van der Waals surface area contributed by atoms with Crippen molar-refractivity contribution in [1.82, 2.24) is 0 Å². The second-order valence-corrected chi connectivity index (χ2v) is 8.91. The largest absolute Gasteiger partial charge is 0.494 e. The number of carbonyl (C=O) groups excluding carboxylic acids is 2. The Kier molecular flexibility index (Phi) is 7.28. The van der Waals surface area contributed by atoms with E-state index in [2.05, 4.69) is 19.2 Å². The van der Waals surface area contributed by atoms with Gasteiger partial charge >= 0.3 is 0 Å². The summed E-state index contributed by atoms with van der Waals surface area (Å²) in [5.41, 5.74) is 0.668. The molecule has 7 nitrogen and oxygen atoms in total. The molecule has 0 saturated carbocycles. The van der Waals surface area contributed by atoms with E-state index in [0.29, 0.717) is 36.3 Å². The maximum atomic E-state index is 13.1. The Morgan fingerprint density at radius 2 is 1.78 bits per heavy atom. The van der Waals surface area contributed by atoms with Gasteiger partial charge in [-0.3, -0.25) is 9.59 Å². The Morgan fingerprint density at radius 3 is 2.41 bits per heavy atom. The molecule has 1 aliphatic heterocycles. The van der Waals surface area contributed by atoms with Crippen LogP contribution in [0.2, 0.25) is 0 Å². The van der Waals surface area contributed by atoms with Crippen molar-refractivity contribution in [3.05, 3.63) is 42.5 Å². The minimum Gasteiger partial charge on any atom is -0.494 e. The third kappa shape index (κ3) is 5.72. The molecule has 2 aromatic carbocycles. The van der Waals surface area contributed by atoms with E-state index in [-0.39, 0.29) is 25.0 Å². The van der Waals surface area contributed by atoms with Crippen molar-refractivity contribution in [2.24, 2.45) is 11.3 Å². The lowest BCUT2D eigenvalue weighted by atomic mass is 9.92. The van der Waals surface area contributed by atoms with Gasteiger partial charge in [0.2, 0.25) is 5.91 Å². The van der Waals surface area contributed by atoms with Gasteiger partial charge in [0.05, 0.1) is 17.7 Å². The number of anilines is 2. The second-order valence-electron chi connectivity index (χ2n) is 8.91. The molecular formula is C25H32N2O5. The molecule has 0 fully saturated rings. The molecule has 1 N–H and O–H groups in total. The predicted molar refractivity (Wildman–Crippen MR) is 125 cm³/mol. The van der Waals surface area contributed by atoms with Gasteiger partial charge in [-0.15, -0.1) is 0 Å². The van der Waals surface area contributed by atoms with Crippen molar-refractivity contribution in [2.45, 2.75) is 34.6 Å². The first-order chi connectivity index (χ1) is 15.2. The highest BCUT2D eigenvalue weighted by molar-refractivity contribution is 6.00. The van der Waals surface area contributed by atoms with Crippen LogP contribution in [0.15, 0.2) is 42.5 Å². The number of rotatable bonds is 8. The zero-order valence-corrected chi connectivity index (χ0v) is 19.4. The molecule has 2 amide bonds. The van der Waals surface area contributed by atoms with Crippen LogP contribution in [0, 0.1) is 11.3 Å². The van der Waals surface area contributed by atoms with Crippen molar-refractivity contribution < 1.29 is 23.8 Å². The maximum absolute atomic E-state index is 13.1. The van der Waals surface area contributed by atoms with E-state index in [4.69, 9.17) is 14.2 Å². The third-order valence-electron chi connectivity index (χ3n) is 5.00. The van der Waals surface area contributed by atoms with Gasteiger partial charge in [-0.05, 0) is 63.1 Å². The number of carbonyl (C=O) groups is 2. The summed E-state index contributed by atoms with van der Waals surface area (Å²) in [6, 6.07) is 12.5. The van der Waals surface area contributed by atoms with Crippen LogP contribution in [-0.2, 0) is 9.59 Å². The second kappa shape index (κ2) is 9.94. The molecule has 0 unspecified atom stereocenters. The first kappa shape index (κ1) is 23.4. The van der Waals surface area contributed by atoms with Crippen molar-refractivity contribution in [1.29, 1.82) is 0 Å². The van der Waals surface area contributed by atoms with Crippen LogP contribution in [-0.4, -0.2) is 38.2 Å². The number of nitrogens with zero attached hydrogens (tertiary/aromatic N) is 1. The molecule has 0 bridgehead atoms. The van der Waals surface area contributed by atoms with Crippen LogP contribution >= 0.6 is 0 Å². The summed E-state index contributed by atoms with van der Waals surface area (Å²) in [7, 11) is 0. The molecule has 1 aliphatic rings. The molecule has 7 heteroatoms. The minimum absolute atomic E-state index is 0.0329. The SMILES string of the molecule is CCOc1ccc(OCC(=O)Nc2ccc3c(c2)OCC(C)(C)C(=O)N3CC(C)C)cc1. The minimum atomic E-state index is -0.636. The Bertz CT molecular complexity index is 953. The summed E-state index contributed by atoms with van der Waals surface area (Å²) in [6.45, 7) is 11.2. The highest BCUT2D eigenvalue weighted by atomic mass is 16.5. The van der Waals surface area contributed by atoms with Crippen molar-refractivity contribution >= 4 is 23.2 Å². The van der Waals surface area contributed by atoms with Gasteiger partial charge < -0.3 is 24.4 Å². The number of benzene rings is 2. The average Bonchev–Trinajstić information content (AvgIpc) is 2.83. The van der Waals surface area contributed by atoms with Crippen molar-refractivity contribution in [3.8, 4) is 17.2 Å². The monoisotopic (exact) mass is 440 g/mol. The van der Waals surface area contributed by atoms with E-state index in [1.165, 1.54) is 0 Å². The normalized spacial score (nSPS) is 14.9. The topological polar surface area (TPSA) is 77.1 Å². The smallest absolute Gasteiger partial charge is 0.262 e. The average molecular weight is 441 g/mol. The Morgan fingerprint density at radius 1 is 1.12 bits per heavy atom. The molecule has 0 radical (unpaired) electrons. The fraction of sp³-hybridized carbons (Fsp3) is 0.440. The Hall–Kier alpha value is -3.22. The Labute approximate surface area is 189 Å². The molecule has 1 heterocycles. The quantitative estimate of drug-likeness (QED) is 0.654. The maximum Gasteiger partial charge on any atom is 0.262 e. The summed E-state index contributed by atoms with van der Waals surface area (Å²) in [5.74, 6) is 1.96. The van der Waals surface area contributed by atoms with Crippen molar-refractivity contribution in [2.75, 3.05) is 36.6 Å². The molecule has 0 aromatic heterocycles. The van der Waals surface area contributed by atoms with Crippen LogP contribution in [0.25, 0.3) is 0 Å². The standard InChI is InChI=1S/C25H32N2O5/c1-6-30-19-8-10-20(11-9-19)31-15-23(28)26-18-7-12-21-22(13-18)32-16-25(4,5)24(29)27(21)14-17(2)3/h7-13,17H,6,14-16H2,1-5H3,(H,26,28). The zero-order chi connectivity index (χ0) is 23.3. The number of ether oxygens (including phenoxy) is 3. The Balaban J connectivity index is 1.68. The van der Waals surface area contributed by atoms with Gasteiger partial charge in [0.1, 0.15) is 23.9 Å². The van der Waals surface area contributed by atoms with Gasteiger partial charge in [0.25, 0.3) is 5.91 Å². The molecule has 0 saturated heterocycles. The van der Waals surface area contributed by atoms with Gasteiger partial charge in [0.15, 0.2) is 6.61 Å². The van der Waals surface area contributed by atoms with E-state index in [1.807, 2.05) is 26.8 Å². The summed E-state index contributed by atoms with van der Waals surface area (Å²) in [5, 5.41) is 2.83. The molecule has 0 spiro atoms. The molecule has 32 heavy (non-hydrogen) atoms. The first-order valence-electron chi connectivity index (χ1n) is 10.9. The predicted octanol–water partition coefficient (Wildman–Crippen LogP) is 4.51. The van der Waals surface area contributed by atoms with Gasteiger partial charge in [0, 0.05) is 18.3 Å². The van der Waals surface area contributed by atoms with E-state index in [9.17, 15) is 9.59 Å². The highest BCUT2D eigenvalue weighted by Crippen LogP contribution is 2.38. The van der Waals surface area contributed by atoms with Gasteiger partial charge in [-0.2, -0.15) is 0 Å². The van der Waals surface area contributed by atoms with E-state index >= 15 is 0 Å². The fourth-order valence-corrected chi connectivity index (χ4v) is 3.42. The lowest BCUT2D eigenvalue weighted by Crippen LogP contribution is -2.43. The highest BCUT2D eigenvalue weighted by Gasteiger charge is 2.38. The molecule has 0 aliphatic carbocycles. The first-order valence-corrected chi connectivity index (χ1v) is 10.9. The van der Waals surface area contributed by atoms with Crippen LogP contribution in [0.3, 0.4) is 0 Å². The number of nitrogens with one attached hydrogen (secondary N) is 1. The van der Waals surface area contributed by atoms with Crippen LogP contribution < -0.4 is 24.4 Å². The number of hydrogen-bond acceptors (Lipinski definition) is 5. The molecule has 2 aromatic rings. The number of fused-ring (bicyclic) bond motifs is 1. The van der Waals surface area contributed by atoms with Crippen LogP contribution in [0.4, 0.5) is 11.4 Å². The third-order valence-corrected chi connectivity index (χ3v) is 5.00. The van der Waals surface area contributed by atoms with Crippen molar-refractivity contribution in [3.63, 3.8) is 0 Å². The van der Waals surface area contributed by atoms with Gasteiger partial charge in [-0.25, -0.2) is 0 Å². The molecular weight excluding hydrogens is 408 g/mol. The zero-order valence-electron chi connectivity index (χ0n) is 19.4. The summed E-state index contributed by atoms with van der Waals surface area (Å²) in [6.07, 6.45) is 0. The van der Waals surface area contributed by atoms with E-state index in [1.54, 1.807) is 41.3 Å². The van der Waals surface area contributed by atoms with E-state index in [0.717, 1.165) is 11.4 Å². The fourth-order valence-electron chi connectivity index (χ4n) is 3.42. The summed E-state index contributed by atoms with van der Waals surface area (Å²) in [4.78, 5) is 27.2. The van der Waals surface area contributed by atoms with Crippen LogP contribution in [0.1, 0.15) is 34.6 Å². The summed E-state index contributed by atoms with van der Waals surface area (Å²) >= 11 is 0. The molecule has 172 valence electrons. The number of hydrogen-bond donors (Lipinski definition) is 1. The van der Waals surface area contributed by atoms with E-state index < -0.39 is 5.41 Å². The molecule has 0 atom stereocenters. The van der Waals surface area contributed by atoms with Gasteiger partial charge in [-0.1, -0.05) is 13.8 Å². The molecule has 3 rings (SSSR count).